The second-order valence-corrected chi connectivity index (χ2v) is 8.39. The van der Waals surface area contributed by atoms with E-state index in [2.05, 4.69) is 21.2 Å². The Morgan fingerprint density at radius 2 is 2.04 bits per heavy atom. The van der Waals surface area contributed by atoms with E-state index in [0.29, 0.717) is 16.6 Å². The molecule has 1 atom stereocenters. The number of amides is 2. The molecule has 0 saturated heterocycles. The summed E-state index contributed by atoms with van der Waals surface area (Å²) in [6, 6.07) is 15.3. The lowest BCUT2D eigenvalue weighted by Crippen LogP contribution is -2.31. The van der Waals surface area contributed by atoms with E-state index in [-0.39, 0.29) is 23.9 Å². The van der Waals surface area contributed by atoms with E-state index in [4.69, 9.17) is 0 Å². The first-order chi connectivity index (χ1) is 13.5. The SMILES string of the molecule is O=C(CC(c1cccs1)N1Cc2ccccc2C1=O)Nc1ccc(Br)cc1F. The van der Waals surface area contributed by atoms with Crippen molar-refractivity contribution in [3.05, 3.63) is 86.3 Å². The van der Waals surface area contributed by atoms with Crippen molar-refractivity contribution in [3.8, 4) is 0 Å². The van der Waals surface area contributed by atoms with E-state index in [1.807, 2.05) is 35.7 Å². The minimum absolute atomic E-state index is 0.0513. The van der Waals surface area contributed by atoms with Crippen LogP contribution in [-0.4, -0.2) is 16.7 Å². The van der Waals surface area contributed by atoms with Gasteiger partial charge in [-0.05, 0) is 41.3 Å². The van der Waals surface area contributed by atoms with E-state index in [1.54, 1.807) is 17.0 Å². The van der Waals surface area contributed by atoms with E-state index in [0.717, 1.165) is 10.4 Å². The highest BCUT2D eigenvalue weighted by molar-refractivity contribution is 9.10. The number of nitrogens with zero attached hydrogens (tertiary/aromatic N) is 1. The van der Waals surface area contributed by atoms with Crippen LogP contribution in [0, 0.1) is 5.82 Å². The molecule has 0 radical (unpaired) electrons. The van der Waals surface area contributed by atoms with Gasteiger partial charge in [0.15, 0.2) is 0 Å². The summed E-state index contributed by atoms with van der Waals surface area (Å²) < 4.78 is 14.7. The maximum atomic E-state index is 14.1. The van der Waals surface area contributed by atoms with Crippen LogP contribution in [0.25, 0.3) is 0 Å². The molecule has 1 aliphatic rings. The van der Waals surface area contributed by atoms with Crippen molar-refractivity contribution in [1.29, 1.82) is 0 Å². The van der Waals surface area contributed by atoms with Gasteiger partial charge in [0.1, 0.15) is 5.82 Å². The zero-order valence-electron chi connectivity index (χ0n) is 14.7. The molecule has 28 heavy (non-hydrogen) atoms. The predicted molar refractivity (Wildman–Crippen MR) is 111 cm³/mol. The summed E-state index contributed by atoms with van der Waals surface area (Å²) in [6.07, 6.45) is 0.0513. The molecule has 3 aromatic rings. The molecule has 4 nitrogen and oxygen atoms in total. The molecule has 2 heterocycles. The zero-order chi connectivity index (χ0) is 19.7. The molecule has 1 unspecified atom stereocenters. The third-order valence-corrected chi connectivity index (χ3v) is 6.15. The topological polar surface area (TPSA) is 49.4 Å². The first-order valence-corrected chi connectivity index (χ1v) is 10.4. The van der Waals surface area contributed by atoms with Gasteiger partial charge in [0.05, 0.1) is 18.2 Å². The molecule has 0 aliphatic carbocycles. The van der Waals surface area contributed by atoms with Gasteiger partial charge < -0.3 is 10.2 Å². The molecule has 1 N–H and O–H groups in total. The number of hydrogen-bond acceptors (Lipinski definition) is 3. The number of fused-ring (bicyclic) bond motifs is 1. The minimum Gasteiger partial charge on any atom is -0.326 e. The molecule has 0 bridgehead atoms. The third kappa shape index (κ3) is 3.72. The summed E-state index contributed by atoms with van der Waals surface area (Å²) in [6.45, 7) is 0.456. The average molecular weight is 459 g/mol. The number of rotatable bonds is 5. The van der Waals surface area contributed by atoms with Crippen LogP contribution in [0.4, 0.5) is 10.1 Å². The Labute approximate surface area is 174 Å². The van der Waals surface area contributed by atoms with Crippen LogP contribution in [0.5, 0.6) is 0 Å². The second kappa shape index (κ2) is 7.85. The van der Waals surface area contributed by atoms with E-state index >= 15 is 0 Å². The Bertz CT molecular complexity index is 1040. The predicted octanol–water partition coefficient (Wildman–Crippen LogP) is 5.38. The Kier molecular flexibility index (Phi) is 5.28. The minimum atomic E-state index is -0.514. The van der Waals surface area contributed by atoms with Crippen molar-refractivity contribution in [2.45, 2.75) is 19.0 Å². The molecular weight excluding hydrogens is 443 g/mol. The largest absolute Gasteiger partial charge is 0.326 e. The monoisotopic (exact) mass is 458 g/mol. The summed E-state index contributed by atoms with van der Waals surface area (Å²) in [5.74, 6) is -0.944. The van der Waals surface area contributed by atoms with Gasteiger partial charge in [-0.15, -0.1) is 11.3 Å². The highest BCUT2D eigenvalue weighted by Gasteiger charge is 2.34. The zero-order valence-corrected chi connectivity index (χ0v) is 17.1. The Hall–Kier alpha value is -2.51. The van der Waals surface area contributed by atoms with Crippen LogP contribution in [0.3, 0.4) is 0 Å². The highest BCUT2D eigenvalue weighted by atomic mass is 79.9. The van der Waals surface area contributed by atoms with Crippen LogP contribution in [0.15, 0.2) is 64.5 Å². The molecule has 0 saturated carbocycles. The number of carbonyl (C=O) groups excluding carboxylic acids is 2. The van der Waals surface area contributed by atoms with Crippen molar-refractivity contribution in [3.63, 3.8) is 0 Å². The Balaban J connectivity index is 1.56. The highest BCUT2D eigenvalue weighted by Crippen LogP contribution is 2.35. The van der Waals surface area contributed by atoms with Crippen molar-refractivity contribution in [1.82, 2.24) is 4.90 Å². The van der Waals surface area contributed by atoms with Crippen LogP contribution in [0.2, 0.25) is 0 Å². The lowest BCUT2D eigenvalue weighted by molar-refractivity contribution is -0.117. The fraction of sp³-hybridized carbons (Fsp3) is 0.143. The standard InChI is InChI=1S/C21H16BrFN2O2S/c22-14-7-8-17(16(23)10-14)24-20(26)11-18(19-6-3-9-28-19)25-12-13-4-1-2-5-15(13)21(25)27/h1-10,18H,11-12H2,(H,24,26). The van der Waals surface area contributed by atoms with Gasteiger partial charge in [0.2, 0.25) is 5.91 Å². The van der Waals surface area contributed by atoms with Crippen LogP contribution in [-0.2, 0) is 11.3 Å². The molecular formula is C21H16BrFN2O2S. The number of carbonyl (C=O) groups is 2. The second-order valence-electron chi connectivity index (χ2n) is 6.50. The van der Waals surface area contributed by atoms with Gasteiger partial charge in [-0.3, -0.25) is 9.59 Å². The van der Waals surface area contributed by atoms with Gasteiger partial charge in [0, 0.05) is 21.5 Å². The fourth-order valence-corrected chi connectivity index (χ4v) is 4.51. The maximum Gasteiger partial charge on any atom is 0.255 e. The first-order valence-electron chi connectivity index (χ1n) is 8.70. The molecule has 0 spiro atoms. The first kappa shape index (κ1) is 18.8. The third-order valence-electron chi connectivity index (χ3n) is 4.68. The molecule has 1 aromatic heterocycles. The maximum absolute atomic E-state index is 14.1. The fourth-order valence-electron chi connectivity index (χ4n) is 3.34. The Morgan fingerprint density at radius 3 is 2.75 bits per heavy atom. The lowest BCUT2D eigenvalue weighted by atomic mass is 10.1. The number of halogens is 2. The quantitative estimate of drug-likeness (QED) is 0.558. The van der Waals surface area contributed by atoms with Gasteiger partial charge >= 0.3 is 0 Å². The summed E-state index contributed by atoms with van der Waals surface area (Å²) >= 11 is 4.70. The molecule has 0 fully saturated rings. The normalized spacial score (nSPS) is 14.1. The smallest absolute Gasteiger partial charge is 0.255 e. The van der Waals surface area contributed by atoms with Crippen LogP contribution < -0.4 is 5.32 Å². The van der Waals surface area contributed by atoms with Gasteiger partial charge in [0.25, 0.3) is 5.91 Å². The van der Waals surface area contributed by atoms with E-state index in [9.17, 15) is 14.0 Å². The average Bonchev–Trinajstić information content (AvgIpc) is 3.31. The molecule has 2 aromatic carbocycles. The summed E-state index contributed by atoms with van der Waals surface area (Å²) in [4.78, 5) is 28.2. The lowest BCUT2D eigenvalue weighted by Gasteiger charge is -2.26. The van der Waals surface area contributed by atoms with Crippen LogP contribution in [0.1, 0.15) is 33.3 Å². The van der Waals surface area contributed by atoms with Gasteiger partial charge in [-0.2, -0.15) is 0 Å². The van der Waals surface area contributed by atoms with Gasteiger partial charge in [-0.1, -0.05) is 40.2 Å². The van der Waals surface area contributed by atoms with Crippen LogP contribution >= 0.6 is 27.3 Å². The number of benzene rings is 2. The summed E-state index contributed by atoms with van der Waals surface area (Å²) in [5.41, 5.74) is 1.74. The Morgan fingerprint density at radius 1 is 1.21 bits per heavy atom. The van der Waals surface area contributed by atoms with E-state index in [1.165, 1.54) is 23.5 Å². The number of hydrogen-bond donors (Lipinski definition) is 1. The van der Waals surface area contributed by atoms with Crippen molar-refractivity contribution in [2.75, 3.05) is 5.32 Å². The van der Waals surface area contributed by atoms with E-state index < -0.39 is 11.9 Å². The molecule has 1 aliphatic heterocycles. The van der Waals surface area contributed by atoms with Crippen molar-refractivity contribution >= 4 is 44.8 Å². The molecule has 142 valence electrons. The summed E-state index contributed by atoms with van der Waals surface area (Å²) in [5, 5.41) is 4.54. The number of anilines is 1. The number of thiophene rings is 1. The van der Waals surface area contributed by atoms with Crippen molar-refractivity contribution in [2.24, 2.45) is 0 Å². The molecule has 4 rings (SSSR count). The molecule has 2 amide bonds. The van der Waals surface area contributed by atoms with Gasteiger partial charge in [-0.25, -0.2) is 4.39 Å². The summed E-state index contributed by atoms with van der Waals surface area (Å²) in [7, 11) is 0. The number of nitrogens with one attached hydrogen (secondary N) is 1. The van der Waals surface area contributed by atoms with Crippen molar-refractivity contribution < 1.29 is 14.0 Å². The molecule has 7 heteroatoms.